The van der Waals surface area contributed by atoms with E-state index < -0.39 is 5.91 Å². The van der Waals surface area contributed by atoms with E-state index in [1.165, 1.54) is 6.08 Å². The zero-order valence-electron chi connectivity index (χ0n) is 13.5. The zero-order chi connectivity index (χ0) is 16.8. The summed E-state index contributed by atoms with van der Waals surface area (Å²) in [5.74, 6) is -0.735. The molecular formula is C17H20N4O2. The summed E-state index contributed by atoms with van der Waals surface area (Å²) in [6, 6.07) is 9.65. The van der Waals surface area contributed by atoms with Crippen molar-refractivity contribution in [3.63, 3.8) is 0 Å². The molecule has 0 bridgehead atoms. The van der Waals surface area contributed by atoms with E-state index in [1.54, 1.807) is 10.8 Å². The van der Waals surface area contributed by atoms with Gasteiger partial charge in [-0.05, 0) is 38.5 Å². The molecule has 2 amide bonds. The summed E-state index contributed by atoms with van der Waals surface area (Å²) in [5.41, 5.74) is 8.49. The van der Waals surface area contributed by atoms with Gasteiger partial charge in [0.2, 0.25) is 0 Å². The van der Waals surface area contributed by atoms with Gasteiger partial charge in [0.25, 0.3) is 11.8 Å². The number of carbonyl (C=O) groups excluding carboxylic acids is 2. The van der Waals surface area contributed by atoms with Crippen LogP contribution in [0.2, 0.25) is 0 Å². The first-order valence-corrected chi connectivity index (χ1v) is 7.28. The predicted octanol–water partition coefficient (Wildman–Crippen LogP) is 1.67. The fourth-order valence-electron chi connectivity index (χ4n) is 2.13. The molecule has 23 heavy (non-hydrogen) atoms. The van der Waals surface area contributed by atoms with E-state index in [0.29, 0.717) is 0 Å². The van der Waals surface area contributed by atoms with Crippen LogP contribution in [0.15, 0.2) is 36.4 Å². The maximum absolute atomic E-state index is 11.8. The van der Waals surface area contributed by atoms with E-state index >= 15 is 0 Å². The average molecular weight is 312 g/mol. The summed E-state index contributed by atoms with van der Waals surface area (Å²) in [4.78, 5) is 23.5. The van der Waals surface area contributed by atoms with Crippen LogP contribution >= 0.6 is 0 Å². The molecule has 2 rings (SSSR count). The third-order valence-corrected chi connectivity index (χ3v) is 3.19. The van der Waals surface area contributed by atoms with Crippen molar-refractivity contribution in [2.24, 2.45) is 0 Å². The molecule has 2 aromatic rings. The quantitative estimate of drug-likeness (QED) is 0.666. The van der Waals surface area contributed by atoms with Crippen LogP contribution < -0.4 is 10.9 Å². The molecule has 1 heterocycles. The van der Waals surface area contributed by atoms with Crippen LogP contribution in [0, 0.1) is 20.8 Å². The molecule has 0 fully saturated rings. The van der Waals surface area contributed by atoms with Crippen molar-refractivity contribution < 1.29 is 9.59 Å². The van der Waals surface area contributed by atoms with Gasteiger partial charge in [-0.1, -0.05) is 29.8 Å². The van der Waals surface area contributed by atoms with Crippen LogP contribution in [0.25, 0.3) is 6.08 Å². The first-order valence-electron chi connectivity index (χ1n) is 7.28. The Morgan fingerprint density at radius 1 is 1.17 bits per heavy atom. The molecule has 0 aliphatic carbocycles. The SMILES string of the molecule is Cc1cccc(/C=C/C(=O)NNC(=O)Cn2nc(C)cc2C)c1. The van der Waals surface area contributed by atoms with Crippen LogP contribution in [-0.4, -0.2) is 21.6 Å². The number of benzene rings is 1. The molecule has 6 nitrogen and oxygen atoms in total. The Labute approximate surface area is 135 Å². The fourth-order valence-corrected chi connectivity index (χ4v) is 2.13. The number of nitrogens with one attached hydrogen (secondary N) is 2. The summed E-state index contributed by atoms with van der Waals surface area (Å²) in [7, 11) is 0. The highest BCUT2D eigenvalue weighted by Gasteiger charge is 2.07. The van der Waals surface area contributed by atoms with Crippen molar-refractivity contribution in [2.75, 3.05) is 0 Å². The van der Waals surface area contributed by atoms with Gasteiger partial charge in [0.1, 0.15) is 6.54 Å². The highest BCUT2D eigenvalue weighted by Crippen LogP contribution is 2.05. The van der Waals surface area contributed by atoms with Crippen molar-refractivity contribution in [3.05, 3.63) is 58.9 Å². The van der Waals surface area contributed by atoms with Crippen LogP contribution in [0.1, 0.15) is 22.5 Å². The Balaban J connectivity index is 1.82. The van der Waals surface area contributed by atoms with E-state index in [2.05, 4.69) is 16.0 Å². The molecule has 120 valence electrons. The lowest BCUT2D eigenvalue weighted by atomic mass is 10.1. The number of nitrogens with zero attached hydrogens (tertiary/aromatic N) is 2. The number of carbonyl (C=O) groups is 2. The minimum absolute atomic E-state index is 0.0571. The van der Waals surface area contributed by atoms with Crippen LogP contribution in [0.4, 0.5) is 0 Å². The third-order valence-electron chi connectivity index (χ3n) is 3.19. The number of aryl methyl sites for hydroxylation is 3. The van der Waals surface area contributed by atoms with Crippen LogP contribution in [0.5, 0.6) is 0 Å². The summed E-state index contributed by atoms with van der Waals surface area (Å²) < 4.78 is 1.58. The maximum atomic E-state index is 11.8. The molecule has 0 atom stereocenters. The van der Waals surface area contributed by atoms with Gasteiger partial charge in [-0.2, -0.15) is 5.10 Å². The molecular weight excluding hydrogens is 292 g/mol. The van der Waals surface area contributed by atoms with Gasteiger partial charge < -0.3 is 0 Å². The highest BCUT2D eigenvalue weighted by atomic mass is 16.2. The first kappa shape index (κ1) is 16.5. The zero-order valence-corrected chi connectivity index (χ0v) is 13.5. The molecule has 0 unspecified atom stereocenters. The molecule has 0 aliphatic heterocycles. The minimum atomic E-state index is -0.395. The molecule has 2 N–H and O–H groups in total. The average Bonchev–Trinajstić information content (AvgIpc) is 2.81. The number of amides is 2. The summed E-state index contributed by atoms with van der Waals surface area (Å²) >= 11 is 0. The standard InChI is InChI=1S/C17H20N4O2/c1-12-5-4-6-15(9-12)7-8-16(22)18-19-17(23)11-21-14(3)10-13(2)20-21/h4-10H,11H2,1-3H3,(H,18,22)(H,19,23)/b8-7+. The molecule has 6 heteroatoms. The summed E-state index contributed by atoms with van der Waals surface area (Å²) in [6.07, 6.45) is 3.06. The second-order valence-electron chi connectivity index (χ2n) is 5.37. The van der Waals surface area contributed by atoms with Gasteiger partial charge >= 0.3 is 0 Å². The molecule has 0 saturated carbocycles. The number of hydrazine groups is 1. The number of hydrogen-bond acceptors (Lipinski definition) is 3. The normalized spacial score (nSPS) is 10.7. The highest BCUT2D eigenvalue weighted by molar-refractivity contribution is 5.93. The Kier molecular flexibility index (Phi) is 5.30. The molecule has 0 radical (unpaired) electrons. The van der Waals surface area contributed by atoms with Crippen molar-refractivity contribution in [1.82, 2.24) is 20.6 Å². The van der Waals surface area contributed by atoms with Crippen molar-refractivity contribution in [3.8, 4) is 0 Å². The monoisotopic (exact) mass is 312 g/mol. The lowest BCUT2D eigenvalue weighted by Gasteiger charge is -2.06. The Morgan fingerprint density at radius 2 is 1.96 bits per heavy atom. The fraction of sp³-hybridized carbons (Fsp3) is 0.235. The minimum Gasteiger partial charge on any atom is -0.271 e. The van der Waals surface area contributed by atoms with Gasteiger partial charge in [-0.15, -0.1) is 0 Å². The van der Waals surface area contributed by atoms with E-state index in [9.17, 15) is 9.59 Å². The lowest BCUT2D eigenvalue weighted by Crippen LogP contribution is -2.42. The third kappa shape index (κ3) is 5.10. The van der Waals surface area contributed by atoms with Gasteiger partial charge in [-0.3, -0.25) is 25.1 Å². The van der Waals surface area contributed by atoms with E-state index in [0.717, 1.165) is 22.5 Å². The molecule has 0 saturated heterocycles. The van der Waals surface area contributed by atoms with E-state index in [4.69, 9.17) is 0 Å². The van der Waals surface area contributed by atoms with Crippen LogP contribution in [0.3, 0.4) is 0 Å². The second-order valence-corrected chi connectivity index (χ2v) is 5.37. The molecule has 1 aromatic heterocycles. The Hall–Kier alpha value is -2.89. The number of rotatable bonds is 4. The van der Waals surface area contributed by atoms with Gasteiger partial charge in [0.15, 0.2) is 0 Å². The topological polar surface area (TPSA) is 76.0 Å². The van der Waals surface area contributed by atoms with Gasteiger partial charge in [0.05, 0.1) is 5.69 Å². The largest absolute Gasteiger partial charge is 0.271 e. The maximum Gasteiger partial charge on any atom is 0.262 e. The van der Waals surface area contributed by atoms with E-state index in [-0.39, 0.29) is 12.5 Å². The molecule has 0 spiro atoms. The molecule has 1 aromatic carbocycles. The van der Waals surface area contributed by atoms with Crippen LogP contribution in [-0.2, 0) is 16.1 Å². The number of hydrogen-bond donors (Lipinski definition) is 2. The van der Waals surface area contributed by atoms with Crippen molar-refractivity contribution in [2.45, 2.75) is 27.3 Å². The second kappa shape index (κ2) is 7.40. The summed E-state index contributed by atoms with van der Waals surface area (Å²) in [5, 5.41) is 4.19. The molecule has 0 aliphatic rings. The Morgan fingerprint density at radius 3 is 2.61 bits per heavy atom. The van der Waals surface area contributed by atoms with Gasteiger partial charge in [-0.25, -0.2) is 0 Å². The van der Waals surface area contributed by atoms with E-state index in [1.807, 2.05) is 51.1 Å². The Bertz CT molecular complexity index is 747. The van der Waals surface area contributed by atoms with Gasteiger partial charge in [0, 0.05) is 11.8 Å². The predicted molar refractivity (Wildman–Crippen MR) is 88.2 cm³/mol. The smallest absolute Gasteiger partial charge is 0.262 e. The first-order chi connectivity index (χ1) is 10.9. The summed E-state index contributed by atoms with van der Waals surface area (Å²) in [6.45, 7) is 5.77. The lowest BCUT2D eigenvalue weighted by molar-refractivity contribution is -0.127. The van der Waals surface area contributed by atoms with Crippen molar-refractivity contribution >= 4 is 17.9 Å². The number of aromatic nitrogens is 2. The van der Waals surface area contributed by atoms with Crippen molar-refractivity contribution in [1.29, 1.82) is 0 Å².